The Kier molecular flexibility index (Phi) is 7.17. The maximum absolute atomic E-state index is 14.2. The molecule has 0 amide bonds. The number of hydrogen-bond acceptors (Lipinski definition) is 2. The minimum Gasteiger partial charge on any atom is -0.369 e. The molecule has 0 heterocycles. The lowest BCUT2D eigenvalue weighted by atomic mass is 9.95. The highest BCUT2D eigenvalue weighted by Gasteiger charge is 2.14. The van der Waals surface area contributed by atoms with E-state index >= 15 is 0 Å². The van der Waals surface area contributed by atoms with Crippen LogP contribution in [0.25, 0.3) is 0 Å². The molecule has 22 heavy (non-hydrogen) atoms. The van der Waals surface area contributed by atoms with E-state index in [1.165, 1.54) is 37.7 Å². The van der Waals surface area contributed by atoms with Crippen molar-refractivity contribution in [2.24, 2.45) is 0 Å². The van der Waals surface area contributed by atoms with E-state index in [0.717, 1.165) is 38.2 Å². The van der Waals surface area contributed by atoms with Crippen LogP contribution in [0.2, 0.25) is 0 Å². The van der Waals surface area contributed by atoms with Gasteiger partial charge < -0.3 is 10.2 Å². The van der Waals surface area contributed by atoms with E-state index in [-0.39, 0.29) is 5.82 Å². The molecule has 0 aliphatic heterocycles. The summed E-state index contributed by atoms with van der Waals surface area (Å²) in [5, 5.41) is 3.65. The maximum atomic E-state index is 14.2. The molecule has 1 aliphatic carbocycles. The zero-order chi connectivity index (χ0) is 15.8. The molecule has 1 aliphatic rings. The fourth-order valence-electron chi connectivity index (χ4n) is 3.37. The van der Waals surface area contributed by atoms with Crippen LogP contribution in [-0.4, -0.2) is 19.1 Å². The van der Waals surface area contributed by atoms with Gasteiger partial charge in [0.05, 0.1) is 5.69 Å². The van der Waals surface area contributed by atoms with Crippen molar-refractivity contribution in [2.45, 2.75) is 71.4 Å². The van der Waals surface area contributed by atoms with E-state index in [2.05, 4.69) is 24.1 Å². The van der Waals surface area contributed by atoms with Gasteiger partial charge in [0.15, 0.2) is 0 Å². The first-order valence-electron chi connectivity index (χ1n) is 9.01. The molecule has 1 aromatic rings. The number of hydrogen-bond donors (Lipinski definition) is 1. The molecule has 1 saturated carbocycles. The van der Waals surface area contributed by atoms with Gasteiger partial charge in [-0.3, -0.25) is 0 Å². The highest BCUT2D eigenvalue weighted by atomic mass is 19.1. The van der Waals surface area contributed by atoms with Crippen LogP contribution < -0.4 is 10.2 Å². The van der Waals surface area contributed by atoms with Crippen LogP contribution in [0, 0.1) is 5.82 Å². The van der Waals surface area contributed by atoms with E-state index in [9.17, 15) is 4.39 Å². The molecule has 0 saturated heterocycles. The van der Waals surface area contributed by atoms with Gasteiger partial charge in [-0.1, -0.05) is 39.2 Å². The summed E-state index contributed by atoms with van der Waals surface area (Å²) in [5.74, 6) is -0.0942. The molecule has 1 fully saturated rings. The Morgan fingerprint density at radius 2 is 1.77 bits per heavy atom. The summed E-state index contributed by atoms with van der Waals surface area (Å²) in [4.78, 5) is 2.18. The van der Waals surface area contributed by atoms with Crippen LogP contribution in [0.3, 0.4) is 0 Å². The quantitative estimate of drug-likeness (QED) is 0.737. The van der Waals surface area contributed by atoms with Crippen molar-refractivity contribution in [1.29, 1.82) is 0 Å². The molecule has 124 valence electrons. The van der Waals surface area contributed by atoms with Crippen LogP contribution in [-0.2, 0) is 6.54 Å². The third kappa shape index (κ3) is 4.98. The Labute approximate surface area is 135 Å². The average Bonchev–Trinajstić information content (AvgIpc) is 2.55. The molecule has 0 spiro atoms. The van der Waals surface area contributed by atoms with Crippen LogP contribution in [0.4, 0.5) is 10.1 Å². The minimum absolute atomic E-state index is 0.0942. The predicted octanol–water partition coefficient (Wildman–Crippen LogP) is 4.87. The highest BCUT2D eigenvalue weighted by molar-refractivity contribution is 5.50. The summed E-state index contributed by atoms with van der Waals surface area (Å²) in [6, 6.07) is 6.23. The predicted molar refractivity (Wildman–Crippen MR) is 92.9 cm³/mol. The number of benzene rings is 1. The van der Waals surface area contributed by atoms with Crippen molar-refractivity contribution < 1.29 is 4.39 Å². The van der Waals surface area contributed by atoms with Crippen molar-refractivity contribution >= 4 is 5.69 Å². The largest absolute Gasteiger partial charge is 0.369 e. The Bertz CT molecular complexity index is 435. The van der Waals surface area contributed by atoms with Crippen LogP contribution in [0.5, 0.6) is 0 Å². The molecule has 0 atom stereocenters. The lowest BCUT2D eigenvalue weighted by molar-refractivity contribution is 0.372. The summed E-state index contributed by atoms with van der Waals surface area (Å²) in [6.07, 6.45) is 8.72. The number of halogens is 1. The van der Waals surface area contributed by atoms with E-state index in [0.29, 0.717) is 6.04 Å². The van der Waals surface area contributed by atoms with Crippen LogP contribution in [0.1, 0.15) is 64.4 Å². The standard InChI is InChI=1S/C19H31FN2/c1-3-12-22(13-4-2)19-14-16(10-11-18(19)20)15-21-17-8-6-5-7-9-17/h10-11,14,17,21H,3-9,12-13,15H2,1-2H3. The molecule has 2 rings (SSSR count). The fourth-order valence-corrected chi connectivity index (χ4v) is 3.37. The zero-order valence-electron chi connectivity index (χ0n) is 14.2. The summed E-state index contributed by atoms with van der Waals surface area (Å²) < 4.78 is 14.2. The molecule has 1 aromatic carbocycles. The maximum Gasteiger partial charge on any atom is 0.146 e. The van der Waals surface area contributed by atoms with Gasteiger partial charge in [0.2, 0.25) is 0 Å². The van der Waals surface area contributed by atoms with Gasteiger partial charge in [-0.05, 0) is 43.4 Å². The van der Waals surface area contributed by atoms with Crippen LogP contribution >= 0.6 is 0 Å². The van der Waals surface area contributed by atoms with E-state index < -0.39 is 0 Å². The Hall–Kier alpha value is -1.09. The van der Waals surface area contributed by atoms with Crippen LogP contribution in [0.15, 0.2) is 18.2 Å². The van der Waals surface area contributed by atoms with Gasteiger partial charge >= 0.3 is 0 Å². The number of rotatable bonds is 8. The molecule has 3 heteroatoms. The van der Waals surface area contributed by atoms with Crippen molar-refractivity contribution in [3.8, 4) is 0 Å². The SMILES string of the molecule is CCCN(CCC)c1cc(CNC2CCCCC2)ccc1F. The summed E-state index contributed by atoms with van der Waals surface area (Å²) >= 11 is 0. The van der Waals surface area contributed by atoms with Crippen molar-refractivity contribution in [3.05, 3.63) is 29.6 Å². The first kappa shape index (κ1) is 17.3. The number of anilines is 1. The lowest BCUT2D eigenvalue weighted by Crippen LogP contribution is -2.30. The monoisotopic (exact) mass is 306 g/mol. The molecule has 0 radical (unpaired) electrons. The molecular weight excluding hydrogens is 275 g/mol. The Morgan fingerprint density at radius 3 is 2.41 bits per heavy atom. The van der Waals surface area contributed by atoms with Crippen molar-refractivity contribution in [2.75, 3.05) is 18.0 Å². The van der Waals surface area contributed by atoms with Crippen molar-refractivity contribution in [1.82, 2.24) is 5.32 Å². The van der Waals surface area contributed by atoms with Gasteiger partial charge in [-0.25, -0.2) is 4.39 Å². The Morgan fingerprint density at radius 1 is 1.09 bits per heavy atom. The molecule has 0 unspecified atom stereocenters. The van der Waals surface area contributed by atoms with Gasteiger partial charge in [0, 0.05) is 25.7 Å². The summed E-state index contributed by atoms with van der Waals surface area (Å²) in [5.41, 5.74) is 1.96. The first-order valence-corrected chi connectivity index (χ1v) is 9.01. The number of nitrogens with one attached hydrogen (secondary N) is 1. The molecule has 0 bridgehead atoms. The van der Waals surface area contributed by atoms with E-state index in [1.54, 1.807) is 6.07 Å². The second kappa shape index (κ2) is 9.14. The molecular formula is C19H31FN2. The van der Waals surface area contributed by atoms with Gasteiger partial charge in [0.1, 0.15) is 5.82 Å². The molecule has 1 N–H and O–H groups in total. The third-order valence-electron chi connectivity index (χ3n) is 4.54. The molecule has 2 nitrogen and oxygen atoms in total. The minimum atomic E-state index is -0.0942. The number of nitrogens with zero attached hydrogens (tertiary/aromatic N) is 1. The van der Waals surface area contributed by atoms with E-state index in [4.69, 9.17) is 0 Å². The second-order valence-electron chi connectivity index (χ2n) is 6.49. The van der Waals surface area contributed by atoms with E-state index in [1.807, 2.05) is 12.1 Å². The van der Waals surface area contributed by atoms with Gasteiger partial charge in [0.25, 0.3) is 0 Å². The third-order valence-corrected chi connectivity index (χ3v) is 4.54. The van der Waals surface area contributed by atoms with Crippen molar-refractivity contribution in [3.63, 3.8) is 0 Å². The summed E-state index contributed by atoms with van der Waals surface area (Å²) in [7, 11) is 0. The first-order chi connectivity index (χ1) is 10.7. The second-order valence-corrected chi connectivity index (χ2v) is 6.49. The smallest absolute Gasteiger partial charge is 0.146 e. The Balaban J connectivity index is 2.01. The summed E-state index contributed by atoms with van der Waals surface area (Å²) in [6.45, 7) is 6.99. The lowest BCUT2D eigenvalue weighted by Gasteiger charge is -2.26. The molecule has 0 aromatic heterocycles. The normalized spacial score (nSPS) is 16.0. The highest BCUT2D eigenvalue weighted by Crippen LogP contribution is 2.23. The van der Waals surface area contributed by atoms with Gasteiger partial charge in [-0.2, -0.15) is 0 Å². The topological polar surface area (TPSA) is 15.3 Å². The zero-order valence-corrected chi connectivity index (χ0v) is 14.2. The average molecular weight is 306 g/mol. The fraction of sp³-hybridized carbons (Fsp3) is 0.684. The van der Waals surface area contributed by atoms with Gasteiger partial charge in [-0.15, -0.1) is 0 Å².